The Kier molecular flexibility index (Phi) is 8.81. The van der Waals surface area contributed by atoms with Crippen molar-refractivity contribution in [1.82, 2.24) is 0 Å². The smallest absolute Gasteiger partial charge is 0.181 e. The van der Waals surface area contributed by atoms with Gasteiger partial charge in [-0.3, -0.25) is 4.99 Å². The molecule has 0 amide bonds. The molecule has 3 aliphatic carbocycles. The van der Waals surface area contributed by atoms with Crippen LogP contribution in [-0.4, -0.2) is 17.2 Å². The van der Waals surface area contributed by atoms with Crippen molar-refractivity contribution in [3.05, 3.63) is 47.6 Å². The molecule has 33 heavy (non-hydrogen) atoms. The minimum absolute atomic E-state index is 0.424. The van der Waals surface area contributed by atoms with Gasteiger partial charge in [-0.2, -0.15) is 0 Å². The van der Waals surface area contributed by atoms with Crippen LogP contribution in [0.15, 0.2) is 57.6 Å². The van der Waals surface area contributed by atoms with Crippen LogP contribution in [0.5, 0.6) is 0 Å². The van der Waals surface area contributed by atoms with Gasteiger partial charge in [-0.25, -0.2) is 4.99 Å². The number of rotatable bonds is 3. The van der Waals surface area contributed by atoms with Crippen LogP contribution >= 0.6 is 0 Å². The van der Waals surface area contributed by atoms with E-state index in [2.05, 4.69) is 36.5 Å². The fourth-order valence-corrected chi connectivity index (χ4v) is 6.30. The summed E-state index contributed by atoms with van der Waals surface area (Å²) in [5.41, 5.74) is 9.51. The topological polar surface area (TPSA) is 50.7 Å². The number of hydrogen-bond acceptors (Lipinski definition) is 3. The van der Waals surface area contributed by atoms with Gasteiger partial charge in [-0.1, -0.05) is 114 Å². The van der Waals surface area contributed by atoms with Crippen LogP contribution in [0.4, 0.5) is 0 Å². The van der Waals surface area contributed by atoms with Crippen molar-refractivity contribution in [2.75, 3.05) is 0 Å². The zero-order valence-corrected chi connectivity index (χ0v) is 20.9. The highest BCUT2D eigenvalue weighted by molar-refractivity contribution is 6.41. The van der Waals surface area contributed by atoms with E-state index in [9.17, 15) is 0 Å². The average molecular weight is 448 g/mol. The number of amidine groups is 1. The first-order valence-electron chi connectivity index (χ1n) is 13.9. The van der Waals surface area contributed by atoms with E-state index in [0.29, 0.717) is 17.7 Å². The normalized spacial score (nSPS) is 29.1. The predicted octanol–water partition coefficient (Wildman–Crippen LogP) is 7.99. The maximum absolute atomic E-state index is 6.41. The van der Waals surface area contributed by atoms with Gasteiger partial charge in [0.2, 0.25) is 0 Å². The molecule has 0 saturated heterocycles. The molecule has 0 radical (unpaired) electrons. The molecule has 2 saturated carbocycles. The first-order chi connectivity index (χ1) is 16.2. The summed E-state index contributed by atoms with van der Waals surface area (Å²) in [6.07, 6.45) is 34.9. The lowest BCUT2D eigenvalue weighted by Gasteiger charge is -2.35. The SMILES string of the molecule is CC1=NC(C2=CC(C3CCCCCCCC3)=CC=CC=C2)(C2CCCCCCCC2)N=C1N. The maximum Gasteiger partial charge on any atom is 0.181 e. The van der Waals surface area contributed by atoms with Gasteiger partial charge < -0.3 is 5.73 Å². The first-order valence-corrected chi connectivity index (χ1v) is 13.9. The molecule has 0 aromatic carbocycles. The molecule has 3 nitrogen and oxygen atoms in total. The van der Waals surface area contributed by atoms with Crippen LogP contribution in [0.1, 0.15) is 110 Å². The molecule has 4 aliphatic rings. The van der Waals surface area contributed by atoms with Gasteiger partial charge in [-0.15, -0.1) is 0 Å². The van der Waals surface area contributed by atoms with Crippen LogP contribution in [-0.2, 0) is 0 Å². The fraction of sp³-hybridized carbons (Fsp3) is 0.667. The molecule has 1 heterocycles. The number of nitrogens with two attached hydrogens (primary N) is 1. The van der Waals surface area contributed by atoms with Crippen LogP contribution in [0.3, 0.4) is 0 Å². The zero-order chi connectivity index (χ0) is 22.9. The van der Waals surface area contributed by atoms with Crippen LogP contribution < -0.4 is 5.73 Å². The average Bonchev–Trinajstić information content (AvgIpc) is 3.21. The van der Waals surface area contributed by atoms with Crippen molar-refractivity contribution in [2.45, 2.75) is 115 Å². The zero-order valence-electron chi connectivity index (χ0n) is 20.9. The molecule has 0 bridgehead atoms. The lowest BCUT2D eigenvalue weighted by molar-refractivity contribution is 0.290. The lowest BCUT2D eigenvalue weighted by Crippen LogP contribution is -2.35. The quantitative estimate of drug-likeness (QED) is 0.468. The molecular weight excluding hydrogens is 402 g/mol. The van der Waals surface area contributed by atoms with Crippen LogP contribution in [0, 0.1) is 11.8 Å². The van der Waals surface area contributed by atoms with Crippen LogP contribution in [0.2, 0.25) is 0 Å². The minimum atomic E-state index is -0.544. The van der Waals surface area contributed by atoms with E-state index in [0.717, 1.165) is 5.71 Å². The summed E-state index contributed by atoms with van der Waals surface area (Å²) in [4.78, 5) is 10.4. The van der Waals surface area contributed by atoms with Crippen molar-refractivity contribution < 1.29 is 0 Å². The lowest BCUT2D eigenvalue weighted by atomic mass is 9.78. The second kappa shape index (κ2) is 12.0. The van der Waals surface area contributed by atoms with Crippen LogP contribution in [0.25, 0.3) is 0 Å². The highest BCUT2D eigenvalue weighted by Gasteiger charge is 2.44. The highest BCUT2D eigenvalue weighted by atomic mass is 15.2. The molecule has 1 atom stereocenters. The third-order valence-corrected chi connectivity index (χ3v) is 8.28. The van der Waals surface area contributed by atoms with Gasteiger partial charge in [0.1, 0.15) is 5.84 Å². The summed E-state index contributed by atoms with van der Waals surface area (Å²) in [6.45, 7) is 2.04. The monoisotopic (exact) mass is 447 g/mol. The number of allylic oxidation sites excluding steroid dienone is 6. The molecule has 1 unspecified atom stereocenters. The van der Waals surface area contributed by atoms with Crippen molar-refractivity contribution >= 4 is 11.5 Å². The van der Waals surface area contributed by atoms with Gasteiger partial charge in [0.15, 0.2) is 5.66 Å². The minimum Gasteiger partial charge on any atom is -0.382 e. The summed E-state index contributed by atoms with van der Waals surface area (Å²) >= 11 is 0. The predicted molar refractivity (Wildman–Crippen MR) is 143 cm³/mol. The fourth-order valence-electron chi connectivity index (χ4n) is 6.30. The number of aliphatic imine (C=N–C) groups is 2. The molecule has 3 heteroatoms. The Labute approximate surface area is 202 Å². The molecule has 2 fully saturated rings. The van der Waals surface area contributed by atoms with E-state index in [1.54, 1.807) is 0 Å². The Morgan fingerprint density at radius 2 is 1.30 bits per heavy atom. The Bertz CT molecular complexity index is 801. The molecule has 0 aromatic heterocycles. The van der Waals surface area contributed by atoms with Gasteiger partial charge in [-0.05, 0) is 44.1 Å². The number of nitrogens with zero attached hydrogens (tertiary/aromatic N) is 2. The number of hydrogen-bond donors (Lipinski definition) is 1. The van der Waals surface area contributed by atoms with E-state index in [1.165, 1.54) is 114 Å². The Morgan fingerprint density at radius 3 is 1.88 bits per heavy atom. The van der Waals surface area contributed by atoms with Gasteiger partial charge >= 0.3 is 0 Å². The third kappa shape index (κ3) is 6.16. The summed E-state index contributed by atoms with van der Waals surface area (Å²) in [5, 5.41) is 0. The van der Waals surface area contributed by atoms with E-state index in [1.807, 2.05) is 6.92 Å². The maximum atomic E-state index is 6.41. The molecule has 0 spiro atoms. The Balaban J connectivity index is 1.71. The van der Waals surface area contributed by atoms with Crippen molar-refractivity contribution in [3.8, 4) is 0 Å². The third-order valence-electron chi connectivity index (χ3n) is 8.28. The summed E-state index contributed by atoms with van der Waals surface area (Å²) in [6, 6.07) is 0. The van der Waals surface area contributed by atoms with E-state index in [-0.39, 0.29) is 0 Å². The van der Waals surface area contributed by atoms with E-state index < -0.39 is 5.66 Å². The van der Waals surface area contributed by atoms with Gasteiger partial charge in [0.25, 0.3) is 0 Å². The second-order valence-corrected chi connectivity index (χ2v) is 10.7. The van der Waals surface area contributed by atoms with E-state index >= 15 is 0 Å². The van der Waals surface area contributed by atoms with E-state index in [4.69, 9.17) is 15.7 Å². The summed E-state index contributed by atoms with van der Waals surface area (Å²) in [5.74, 6) is 1.70. The Morgan fingerprint density at radius 1 is 0.727 bits per heavy atom. The van der Waals surface area contributed by atoms with Crippen molar-refractivity contribution in [3.63, 3.8) is 0 Å². The van der Waals surface area contributed by atoms with Crippen molar-refractivity contribution in [2.24, 2.45) is 27.6 Å². The standard InChI is InChI=1S/C30H45N3/c1-24-29(31)33-30(32-24,27-20-14-8-4-5-9-15-21-27)28-22-16-10-13-19-26(23-28)25-17-11-6-2-3-7-12-18-25/h10,13,16,19,22-23,25,27H,2-9,11-12,14-15,17-18,20-21H2,1H3,(H2,31,33). The largest absolute Gasteiger partial charge is 0.382 e. The first kappa shape index (κ1) is 24.2. The molecule has 2 N–H and O–H groups in total. The molecule has 4 rings (SSSR count). The highest BCUT2D eigenvalue weighted by Crippen LogP contribution is 2.44. The van der Waals surface area contributed by atoms with Crippen molar-refractivity contribution in [1.29, 1.82) is 0 Å². The van der Waals surface area contributed by atoms with Gasteiger partial charge in [0.05, 0.1) is 5.71 Å². The molecule has 180 valence electrons. The molecular formula is C30H45N3. The second-order valence-electron chi connectivity index (χ2n) is 10.7. The summed E-state index contributed by atoms with van der Waals surface area (Å²) < 4.78 is 0. The molecule has 1 aliphatic heterocycles. The Hall–Kier alpha value is -1.90. The summed E-state index contributed by atoms with van der Waals surface area (Å²) in [7, 11) is 0. The molecule has 0 aromatic rings. The van der Waals surface area contributed by atoms with Gasteiger partial charge in [0, 0.05) is 11.5 Å².